The van der Waals surface area contributed by atoms with Crippen molar-refractivity contribution >= 4 is 11.9 Å². The van der Waals surface area contributed by atoms with Crippen LogP contribution < -0.4 is 0 Å². The zero-order chi connectivity index (χ0) is 6.04. The van der Waals surface area contributed by atoms with E-state index in [1.54, 1.807) is 0 Å². The molecule has 1 saturated carbocycles. The molecule has 0 aromatic carbocycles. The highest BCUT2D eigenvalue weighted by atomic mass is 35.5. The van der Waals surface area contributed by atoms with Crippen molar-refractivity contribution in [3.05, 3.63) is 0 Å². The Hall–Kier alpha value is 0.250. The predicted molar refractivity (Wildman–Crippen MR) is 33.8 cm³/mol. The summed E-state index contributed by atoms with van der Waals surface area (Å²) in [5.41, 5.74) is 0.00154. The summed E-state index contributed by atoms with van der Waals surface area (Å²) in [6, 6.07) is 0. The minimum absolute atomic E-state index is 0.00154. The van der Waals surface area contributed by atoms with Crippen molar-refractivity contribution in [2.24, 2.45) is 0 Å². The molecule has 0 radical (unpaired) electrons. The summed E-state index contributed by atoms with van der Waals surface area (Å²) in [5.74, 6) is 0. The summed E-state index contributed by atoms with van der Waals surface area (Å²) in [7, 11) is 0. The quantitative estimate of drug-likeness (QED) is 0.536. The van der Waals surface area contributed by atoms with Crippen LogP contribution in [0.15, 0.2) is 0 Å². The topological polar surface area (TPSA) is 9.23 Å². The molecule has 0 amide bonds. The molecular formula is C6H11ClO. The lowest BCUT2D eigenvalue weighted by atomic mass is 10.1. The monoisotopic (exact) mass is 134 g/mol. The van der Waals surface area contributed by atoms with Gasteiger partial charge in [-0.1, -0.05) is 12.8 Å². The second-order valence-corrected chi connectivity index (χ2v) is 2.89. The van der Waals surface area contributed by atoms with Gasteiger partial charge in [0.1, 0.15) is 0 Å². The van der Waals surface area contributed by atoms with Gasteiger partial charge in [-0.3, -0.25) is 4.29 Å². The lowest BCUT2D eigenvalue weighted by Gasteiger charge is -2.17. The first-order valence-corrected chi connectivity index (χ1v) is 3.37. The third-order valence-corrected chi connectivity index (χ3v) is 2.22. The summed E-state index contributed by atoms with van der Waals surface area (Å²) >= 11 is 5.25. The highest BCUT2D eigenvalue weighted by Crippen LogP contribution is 2.33. The van der Waals surface area contributed by atoms with Crippen LogP contribution in [0.3, 0.4) is 0 Å². The Labute approximate surface area is 55.1 Å². The molecule has 0 atom stereocenters. The van der Waals surface area contributed by atoms with Crippen molar-refractivity contribution in [1.82, 2.24) is 0 Å². The van der Waals surface area contributed by atoms with E-state index in [9.17, 15) is 0 Å². The van der Waals surface area contributed by atoms with E-state index in [4.69, 9.17) is 16.2 Å². The zero-order valence-corrected chi connectivity index (χ0v) is 5.87. The smallest absolute Gasteiger partial charge is 0.0869 e. The van der Waals surface area contributed by atoms with E-state index >= 15 is 0 Å². The molecule has 0 heterocycles. The van der Waals surface area contributed by atoms with E-state index in [1.165, 1.54) is 12.8 Å². The predicted octanol–water partition coefficient (Wildman–Crippen LogP) is 2.49. The third kappa shape index (κ3) is 1.15. The second kappa shape index (κ2) is 2.24. The fourth-order valence-electron chi connectivity index (χ4n) is 1.20. The van der Waals surface area contributed by atoms with Gasteiger partial charge in [-0.05, 0) is 19.8 Å². The molecular weight excluding hydrogens is 124 g/mol. The molecule has 0 aromatic rings. The first-order valence-electron chi connectivity index (χ1n) is 3.07. The van der Waals surface area contributed by atoms with Crippen LogP contribution in [0.25, 0.3) is 0 Å². The van der Waals surface area contributed by atoms with Gasteiger partial charge in [0.15, 0.2) is 0 Å². The van der Waals surface area contributed by atoms with E-state index < -0.39 is 0 Å². The van der Waals surface area contributed by atoms with Crippen molar-refractivity contribution in [2.45, 2.75) is 38.2 Å². The van der Waals surface area contributed by atoms with Gasteiger partial charge in [0.05, 0.1) is 17.5 Å². The van der Waals surface area contributed by atoms with Crippen molar-refractivity contribution in [1.29, 1.82) is 0 Å². The van der Waals surface area contributed by atoms with Gasteiger partial charge in [-0.15, -0.1) is 0 Å². The number of hydrogen-bond donors (Lipinski definition) is 0. The highest BCUT2D eigenvalue weighted by Gasteiger charge is 2.29. The normalized spacial score (nSPS) is 26.2. The average molecular weight is 135 g/mol. The molecule has 0 saturated heterocycles. The van der Waals surface area contributed by atoms with Gasteiger partial charge >= 0.3 is 0 Å². The molecule has 0 unspecified atom stereocenters. The maximum Gasteiger partial charge on any atom is 0.0869 e. The van der Waals surface area contributed by atoms with Gasteiger partial charge in [-0.2, -0.15) is 0 Å². The maximum atomic E-state index is 5.25. The molecule has 1 aliphatic rings. The molecule has 0 aromatic heterocycles. The number of halogens is 1. The first-order chi connectivity index (χ1) is 3.77. The van der Waals surface area contributed by atoms with Crippen LogP contribution >= 0.6 is 11.9 Å². The zero-order valence-electron chi connectivity index (χ0n) is 5.11. The Kier molecular flexibility index (Phi) is 1.78. The van der Waals surface area contributed by atoms with E-state index in [2.05, 4.69) is 6.92 Å². The summed E-state index contributed by atoms with van der Waals surface area (Å²) in [4.78, 5) is 0. The Balaban J connectivity index is 2.40. The Morgan fingerprint density at radius 3 is 2.12 bits per heavy atom. The van der Waals surface area contributed by atoms with Crippen LogP contribution in [0.4, 0.5) is 0 Å². The summed E-state index contributed by atoms with van der Waals surface area (Å²) in [5, 5.41) is 0. The lowest BCUT2D eigenvalue weighted by molar-refractivity contribution is 0.112. The van der Waals surface area contributed by atoms with Crippen LogP contribution in [0.2, 0.25) is 0 Å². The minimum atomic E-state index is 0.00154. The molecule has 1 nitrogen and oxygen atoms in total. The molecule has 1 fully saturated rings. The average Bonchev–Trinajstić information content (AvgIpc) is 2.17. The van der Waals surface area contributed by atoms with E-state index in [0.29, 0.717) is 0 Å². The SMILES string of the molecule is CC1(OCl)CCCC1. The maximum absolute atomic E-state index is 5.25. The largest absolute Gasteiger partial charge is 0.273 e. The van der Waals surface area contributed by atoms with Crippen molar-refractivity contribution in [2.75, 3.05) is 0 Å². The van der Waals surface area contributed by atoms with Gasteiger partial charge in [0, 0.05) is 0 Å². The Bertz CT molecular complexity index is 76.6. The summed E-state index contributed by atoms with van der Waals surface area (Å²) in [6.45, 7) is 2.06. The molecule has 0 aliphatic heterocycles. The molecule has 8 heavy (non-hydrogen) atoms. The van der Waals surface area contributed by atoms with E-state index in [-0.39, 0.29) is 5.60 Å². The van der Waals surface area contributed by atoms with Gasteiger partial charge in [0.2, 0.25) is 0 Å². The molecule has 1 aliphatic carbocycles. The van der Waals surface area contributed by atoms with Crippen molar-refractivity contribution < 1.29 is 4.29 Å². The highest BCUT2D eigenvalue weighted by molar-refractivity contribution is 6.07. The third-order valence-electron chi connectivity index (χ3n) is 1.85. The molecule has 0 bridgehead atoms. The standard InChI is InChI=1S/C6H11ClO/c1-6(8-7)4-2-3-5-6/h2-5H2,1H3. The van der Waals surface area contributed by atoms with Gasteiger partial charge < -0.3 is 0 Å². The fourth-order valence-corrected chi connectivity index (χ4v) is 1.35. The molecule has 0 spiro atoms. The van der Waals surface area contributed by atoms with Crippen LogP contribution in [0.5, 0.6) is 0 Å². The minimum Gasteiger partial charge on any atom is -0.273 e. The second-order valence-electron chi connectivity index (χ2n) is 2.73. The molecule has 1 rings (SSSR count). The van der Waals surface area contributed by atoms with Crippen molar-refractivity contribution in [3.8, 4) is 0 Å². The Morgan fingerprint density at radius 2 is 1.88 bits per heavy atom. The Morgan fingerprint density at radius 1 is 1.38 bits per heavy atom. The van der Waals surface area contributed by atoms with Crippen LogP contribution in [-0.4, -0.2) is 5.60 Å². The van der Waals surface area contributed by atoms with Gasteiger partial charge in [-0.25, -0.2) is 0 Å². The number of rotatable bonds is 1. The number of hydrogen-bond acceptors (Lipinski definition) is 1. The molecule has 48 valence electrons. The van der Waals surface area contributed by atoms with Crippen LogP contribution in [0.1, 0.15) is 32.6 Å². The van der Waals surface area contributed by atoms with Crippen LogP contribution in [0, 0.1) is 0 Å². The van der Waals surface area contributed by atoms with E-state index in [1.807, 2.05) is 0 Å². The van der Waals surface area contributed by atoms with Crippen molar-refractivity contribution in [3.63, 3.8) is 0 Å². The van der Waals surface area contributed by atoms with E-state index in [0.717, 1.165) is 12.8 Å². The van der Waals surface area contributed by atoms with Crippen LogP contribution in [-0.2, 0) is 4.29 Å². The molecule has 2 heteroatoms. The first kappa shape index (κ1) is 6.37. The lowest BCUT2D eigenvalue weighted by Crippen LogP contribution is -2.18. The fraction of sp³-hybridized carbons (Fsp3) is 1.00. The molecule has 0 N–H and O–H groups in total. The van der Waals surface area contributed by atoms with Gasteiger partial charge in [0.25, 0.3) is 0 Å². The summed E-state index contributed by atoms with van der Waals surface area (Å²) < 4.78 is 4.77. The summed E-state index contributed by atoms with van der Waals surface area (Å²) in [6.07, 6.45) is 4.78.